The molecule has 2 saturated heterocycles. The molecule has 2 fully saturated rings. The van der Waals surface area contributed by atoms with Crippen LogP contribution in [-0.4, -0.2) is 95.2 Å². The van der Waals surface area contributed by atoms with Crippen LogP contribution in [0.3, 0.4) is 0 Å². The van der Waals surface area contributed by atoms with Gasteiger partial charge >= 0.3 is 0 Å². The highest BCUT2D eigenvalue weighted by Gasteiger charge is 2.43. The van der Waals surface area contributed by atoms with Gasteiger partial charge in [0.2, 0.25) is 0 Å². The molecule has 124 valence electrons. The molecule has 8 heteroatoms. The first-order valence-electron chi connectivity index (χ1n) is 7.19. The van der Waals surface area contributed by atoms with Crippen LogP contribution in [0.4, 0.5) is 0 Å². The van der Waals surface area contributed by atoms with Crippen LogP contribution in [0.25, 0.3) is 0 Å². The van der Waals surface area contributed by atoms with E-state index in [-0.39, 0.29) is 25.2 Å². The first-order chi connectivity index (χ1) is 10.1. The minimum atomic E-state index is -1.38. The molecule has 0 saturated carbocycles. The van der Waals surface area contributed by atoms with Crippen molar-refractivity contribution < 1.29 is 39.7 Å². The van der Waals surface area contributed by atoms with Crippen LogP contribution in [0.2, 0.25) is 0 Å². The quantitative estimate of drug-likeness (QED) is 0.357. The fraction of sp³-hybridized carbons (Fsp3) is 1.00. The van der Waals surface area contributed by atoms with Gasteiger partial charge in [-0.15, -0.1) is 0 Å². The van der Waals surface area contributed by atoms with E-state index in [0.29, 0.717) is 13.2 Å². The van der Waals surface area contributed by atoms with Crippen molar-refractivity contribution in [3.63, 3.8) is 0 Å². The average molecular weight is 308 g/mol. The van der Waals surface area contributed by atoms with Crippen molar-refractivity contribution in [3.8, 4) is 0 Å². The molecule has 0 aromatic heterocycles. The number of rotatable bonds is 6. The van der Waals surface area contributed by atoms with Gasteiger partial charge in [-0.3, -0.25) is 0 Å². The molecule has 5 N–H and O–H groups in total. The monoisotopic (exact) mass is 308 g/mol. The van der Waals surface area contributed by atoms with Gasteiger partial charge in [0.15, 0.2) is 0 Å². The van der Waals surface area contributed by atoms with Crippen molar-refractivity contribution in [1.82, 2.24) is 0 Å². The summed E-state index contributed by atoms with van der Waals surface area (Å²) in [6, 6.07) is 0. The predicted octanol–water partition coefficient (Wildman–Crippen LogP) is -2.76. The fourth-order valence-electron chi connectivity index (χ4n) is 2.74. The van der Waals surface area contributed by atoms with E-state index in [9.17, 15) is 15.3 Å². The Hall–Kier alpha value is -0.320. The summed E-state index contributed by atoms with van der Waals surface area (Å²) in [5.74, 6) is 0.0832. The summed E-state index contributed by atoms with van der Waals surface area (Å²) in [6.07, 6.45) is -5.21. The molecule has 2 aliphatic rings. The van der Waals surface area contributed by atoms with Gasteiger partial charge < -0.3 is 39.7 Å². The zero-order valence-corrected chi connectivity index (χ0v) is 11.7. The first-order valence-corrected chi connectivity index (χ1v) is 7.19. The molecule has 8 nitrogen and oxygen atoms in total. The maximum Gasteiger partial charge on any atom is 0.111 e. The van der Waals surface area contributed by atoms with Crippen LogP contribution in [0, 0.1) is 5.92 Å². The van der Waals surface area contributed by atoms with Gasteiger partial charge in [-0.25, -0.2) is 0 Å². The van der Waals surface area contributed by atoms with E-state index in [1.807, 2.05) is 0 Å². The van der Waals surface area contributed by atoms with Crippen molar-refractivity contribution in [2.24, 2.45) is 5.92 Å². The smallest absolute Gasteiger partial charge is 0.111 e. The number of ether oxygens (including phenoxy) is 3. The van der Waals surface area contributed by atoms with Crippen molar-refractivity contribution in [3.05, 3.63) is 0 Å². The van der Waals surface area contributed by atoms with E-state index >= 15 is 0 Å². The largest absolute Gasteiger partial charge is 0.394 e. The molecule has 0 bridgehead atoms. The van der Waals surface area contributed by atoms with E-state index in [0.717, 1.165) is 6.42 Å². The molecule has 7 atom stereocenters. The molecule has 2 heterocycles. The second-order valence-electron chi connectivity index (χ2n) is 5.55. The van der Waals surface area contributed by atoms with Crippen molar-refractivity contribution in [2.45, 2.75) is 43.0 Å². The van der Waals surface area contributed by atoms with Gasteiger partial charge in [-0.05, 0) is 6.42 Å². The van der Waals surface area contributed by atoms with Gasteiger partial charge in [0.25, 0.3) is 0 Å². The zero-order chi connectivity index (χ0) is 15.4. The lowest BCUT2D eigenvalue weighted by Gasteiger charge is -2.40. The summed E-state index contributed by atoms with van der Waals surface area (Å²) in [6.45, 7) is 0.439. The van der Waals surface area contributed by atoms with Crippen LogP contribution < -0.4 is 0 Å². The Balaban J connectivity index is 1.79. The molecule has 0 aromatic carbocycles. The third-order valence-corrected chi connectivity index (χ3v) is 4.13. The lowest BCUT2D eigenvalue weighted by Crippen LogP contribution is -2.59. The van der Waals surface area contributed by atoms with Crippen molar-refractivity contribution in [1.29, 1.82) is 0 Å². The van der Waals surface area contributed by atoms with Crippen LogP contribution >= 0.6 is 0 Å². The summed E-state index contributed by atoms with van der Waals surface area (Å²) < 4.78 is 16.1. The Morgan fingerprint density at radius 1 is 0.857 bits per heavy atom. The molecular formula is C13H24O8. The lowest BCUT2D eigenvalue weighted by atomic mass is 9.95. The maximum absolute atomic E-state index is 9.85. The topological polar surface area (TPSA) is 129 Å². The van der Waals surface area contributed by atoms with Gasteiger partial charge in [-0.2, -0.15) is 0 Å². The average Bonchev–Trinajstić information content (AvgIpc) is 2.94. The molecule has 2 aliphatic heterocycles. The number of hydrogen-bond acceptors (Lipinski definition) is 8. The van der Waals surface area contributed by atoms with E-state index in [2.05, 4.69) is 0 Å². The minimum Gasteiger partial charge on any atom is -0.394 e. The van der Waals surface area contributed by atoms with Crippen LogP contribution in [-0.2, 0) is 14.2 Å². The second-order valence-corrected chi connectivity index (χ2v) is 5.55. The van der Waals surface area contributed by atoms with Gasteiger partial charge in [0.05, 0.1) is 32.5 Å². The summed E-state index contributed by atoms with van der Waals surface area (Å²) in [5, 5.41) is 47.4. The third kappa shape index (κ3) is 3.91. The molecular weight excluding hydrogens is 284 g/mol. The maximum atomic E-state index is 9.85. The summed E-state index contributed by atoms with van der Waals surface area (Å²) in [5.41, 5.74) is 0. The van der Waals surface area contributed by atoms with Crippen molar-refractivity contribution in [2.75, 3.05) is 33.0 Å². The highest BCUT2D eigenvalue weighted by molar-refractivity contribution is 4.92. The Morgan fingerprint density at radius 3 is 2.19 bits per heavy atom. The highest BCUT2D eigenvalue weighted by Crippen LogP contribution is 2.23. The summed E-state index contributed by atoms with van der Waals surface area (Å²) in [4.78, 5) is 0. The molecule has 0 spiro atoms. The molecule has 21 heavy (non-hydrogen) atoms. The highest BCUT2D eigenvalue weighted by atomic mass is 16.6. The van der Waals surface area contributed by atoms with E-state index < -0.39 is 37.1 Å². The molecule has 0 aromatic rings. The molecule has 6 unspecified atom stereocenters. The Labute approximate surface area is 122 Å². The molecule has 0 radical (unpaired) electrons. The fourth-order valence-corrected chi connectivity index (χ4v) is 2.74. The van der Waals surface area contributed by atoms with Crippen molar-refractivity contribution >= 4 is 0 Å². The molecule has 2 rings (SSSR count). The van der Waals surface area contributed by atoms with Gasteiger partial charge in [0, 0.05) is 12.5 Å². The van der Waals surface area contributed by atoms with Gasteiger partial charge in [0.1, 0.15) is 30.5 Å². The van der Waals surface area contributed by atoms with Gasteiger partial charge in [-0.1, -0.05) is 0 Å². The molecule has 0 amide bonds. The third-order valence-electron chi connectivity index (χ3n) is 4.13. The van der Waals surface area contributed by atoms with E-state index in [1.54, 1.807) is 0 Å². The first kappa shape index (κ1) is 17.0. The Kier molecular flexibility index (Phi) is 6.33. The summed E-state index contributed by atoms with van der Waals surface area (Å²) in [7, 11) is 0. The minimum absolute atomic E-state index is 0.0239. The lowest BCUT2D eigenvalue weighted by molar-refractivity contribution is -0.239. The van der Waals surface area contributed by atoms with E-state index in [4.69, 9.17) is 24.4 Å². The predicted molar refractivity (Wildman–Crippen MR) is 69.5 cm³/mol. The number of aliphatic hydroxyl groups excluding tert-OH is 5. The standard InChI is InChI=1S/C13H24O8/c14-3-8-7(1-2-20-8)5-19-6-10-12(17)13(18)11(16)9(4-15)21-10/h7-18H,1-6H2/t7-,8?,9?,10?,11?,12?,13?/m1/s1. The number of hydrogen-bond donors (Lipinski definition) is 5. The SMILES string of the molecule is OCC1OC(COC[C@H]2CCOC2CO)C(O)C(O)C1O. The van der Waals surface area contributed by atoms with E-state index in [1.165, 1.54) is 0 Å². The Morgan fingerprint density at radius 2 is 1.52 bits per heavy atom. The Bertz CT molecular complexity index is 313. The number of aliphatic hydroxyl groups is 5. The van der Waals surface area contributed by atoms with Crippen LogP contribution in [0.1, 0.15) is 6.42 Å². The van der Waals surface area contributed by atoms with Crippen LogP contribution in [0.15, 0.2) is 0 Å². The summed E-state index contributed by atoms with van der Waals surface area (Å²) >= 11 is 0. The zero-order valence-electron chi connectivity index (χ0n) is 11.7. The second kappa shape index (κ2) is 7.80. The molecule has 0 aliphatic carbocycles. The normalized spacial score (nSPS) is 44.1. The van der Waals surface area contributed by atoms with Crippen LogP contribution in [0.5, 0.6) is 0 Å².